The zero-order valence-corrected chi connectivity index (χ0v) is 15.6. The molecule has 7 heteroatoms. The first-order valence-electron chi connectivity index (χ1n) is 7.86. The van der Waals surface area contributed by atoms with E-state index in [1.807, 2.05) is 30.5 Å². The Morgan fingerprint density at radius 3 is 3.00 bits per heavy atom. The van der Waals surface area contributed by atoms with Crippen molar-refractivity contribution in [1.29, 1.82) is 0 Å². The third-order valence-corrected chi connectivity index (χ3v) is 5.50. The topological polar surface area (TPSA) is 68.0 Å². The monoisotopic (exact) mass is 385 g/mol. The zero-order chi connectivity index (χ0) is 16.2. The summed E-state index contributed by atoms with van der Waals surface area (Å²) in [4.78, 5) is 17.8. The summed E-state index contributed by atoms with van der Waals surface area (Å²) in [7, 11) is 0. The lowest BCUT2D eigenvalue weighted by Crippen LogP contribution is -2.29. The number of halogens is 2. The van der Waals surface area contributed by atoms with E-state index in [1.165, 1.54) is 11.3 Å². The summed E-state index contributed by atoms with van der Waals surface area (Å²) >= 11 is 7.52. The molecule has 1 aliphatic rings. The van der Waals surface area contributed by atoms with Crippen LogP contribution in [0, 0.1) is 11.8 Å². The number of rotatable bonds is 5. The number of hydrogen-bond acceptors (Lipinski definition) is 4. The number of carbonyl (C=O) groups excluding carboxylic acids is 1. The van der Waals surface area contributed by atoms with Gasteiger partial charge in [0.2, 0.25) is 5.91 Å². The van der Waals surface area contributed by atoms with Gasteiger partial charge in [-0.15, -0.1) is 23.7 Å². The van der Waals surface area contributed by atoms with E-state index in [0.29, 0.717) is 17.6 Å². The molecule has 0 bridgehead atoms. The minimum Gasteiger partial charge on any atom is -0.330 e. The van der Waals surface area contributed by atoms with Gasteiger partial charge in [-0.2, -0.15) is 0 Å². The average molecular weight is 386 g/mol. The van der Waals surface area contributed by atoms with E-state index in [9.17, 15) is 4.79 Å². The van der Waals surface area contributed by atoms with Crippen LogP contribution in [-0.4, -0.2) is 17.4 Å². The second-order valence-corrected chi connectivity index (χ2v) is 7.51. The Balaban J connectivity index is 0.00000208. The molecule has 2 aromatic rings. The first-order chi connectivity index (χ1) is 11.2. The van der Waals surface area contributed by atoms with Gasteiger partial charge in [-0.3, -0.25) is 4.79 Å². The summed E-state index contributed by atoms with van der Waals surface area (Å²) in [5.41, 5.74) is 6.89. The first-order valence-corrected chi connectivity index (χ1v) is 9.05. The number of anilines is 1. The predicted molar refractivity (Wildman–Crippen MR) is 102 cm³/mol. The molecule has 1 amide bonds. The SMILES string of the molecule is Cl.NC[C@H]1CCC[C@H]1C(=O)Nc1ncc(Cc2cccc(Cl)c2)s1. The second-order valence-electron chi connectivity index (χ2n) is 5.96. The van der Waals surface area contributed by atoms with Crippen LogP contribution in [0.1, 0.15) is 29.7 Å². The average Bonchev–Trinajstić information content (AvgIpc) is 3.16. The summed E-state index contributed by atoms with van der Waals surface area (Å²) in [5, 5.41) is 4.35. The van der Waals surface area contributed by atoms with Gasteiger partial charge in [0.05, 0.1) is 0 Å². The van der Waals surface area contributed by atoms with Crippen LogP contribution >= 0.6 is 35.3 Å². The van der Waals surface area contributed by atoms with Crippen molar-refractivity contribution in [3.63, 3.8) is 0 Å². The van der Waals surface area contributed by atoms with Gasteiger partial charge in [-0.05, 0) is 43.0 Å². The number of amides is 1. The molecule has 24 heavy (non-hydrogen) atoms. The quantitative estimate of drug-likeness (QED) is 0.812. The highest BCUT2D eigenvalue weighted by Crippen LogP contribution is 2.32. The van der Waals surface area contributed by atoms with Gasteiger partial charge in [-0.1, -0.05) is 30.2 Å². The number of aromatic nitrogens is 1. The van der Waals surface area contributed by atoms with E-state index in [2.05, 4.69) is 10.3 Å². The number of nitrogens with one attached hydrogen (secondary N) is 1. The molecular weight excluding hydrogens is 365 g/mol. The third kappa shape index (κ3) is 4.70. The number of nitrogens with two attached hydrogens (primary N) is 1. The molecule has 1 aliphatic carbocycles. The molecular formula is C17H21Cl2N3OS. The van der Waals surface area contributed by atoms with Crippen LogP contribution in [0.5, 0.6) is 0 Å². The van der Waals surface area contributed by atoms with Gasteiger partial charge in [0.15, 0.2) is 5.13 Å². The fraction of sp³-hybridized carbons (Fsp3) is 0.412. The molecule has 1 aromatic heterocycles. The number of carbonyl (C=O) groups is 1. The van der Waals surface area contributed by atoms with Crippen molar-refractivity contribution in [2.24, 2.45) is 17.6 Å². The lowest BCUT2D eigenvalue weighted by atomic mass is 9.95. The predicted octanol–water partition coefficient (Wildman–Crippen LogP) is 4.12. The molecule has 1 fully saturated rings. The minimum absolute atomic E-state index is 0. The van der Waals surface area contributed by atoms with Gasteiger partial charge < -0.3 is 11.1 Å². The molecule has 0 radical (unpaired) electrons. The van der Waals surface area contributed by atoms with Crippen LogP contribution in [0.3, 0.4) is 0 Å². The molecule has 1 heterocycles. The smallest absolute Gasteiger partial charge is 0.229 e. The Hall–Kier alpha value is -1.14. The maximum Gasteiger partial charge on any atom is 0.229 e. The third-order valence-electron chi connectivity index (χ3n) is 4.35. The van der Waals surface area contributed by atoms with Crippen LogP contribution < -0.4 is 11.1 Å². The molecule has 4 nitrogen and oxygen atoms in total. The molecule has 1 aromatic carbocycles. The number of thiazole rings is 1. The van der Waals surface area contributed by atoms with Crippen LogP contribution in [0.4, 0.5) is 5.13 Å². The Morgan fingerprint density at radius 1 is 1.42 bits per heavy atom. The van der Waals surface area contributed by atoms with Crippen molar-refractivity contribution < 1.29 is 4.79 Å². The lowest BCUT2D eigenvalue weighted by Gasteiger charge is -2.16. The Morgan fingerprint density at radius 2 is 2.25 bits per heavy atom. The molecule has 2 atom stereocenters. The Bertz CT molecular complexity index is 692. The summed E-state index contributed by atoms with van der Waals surface area (Å²) in [6, 6.07) is 7.78. The van der Waals surface area contributed by atoms with E-state index in [1.54, 1.807) is 0 Å². The van der Waals surface area contributed by atoms with Crippen molar-refractivity contribution in [2.75, 3.05) is 11.9 Å². The fourth-order valence-corrected chi connectivity index (χ4v) is 4.22. The summed E-state index contributed by atoms with van der Waals surface area (Å²) < 4.78 is 0. The molecule has 0 unspecified atom stereocenters. The fourth-order valence-electron chi connectivity index (χ4n) is 3.16. The molecule has 3 rings (SSSR count). The summed E-state index contributed by atoms with van der Waals surface area (Å²) in [6.07, 6.45) is 5.64. The highest BCUT2D eigenvalue weighted by molar-refractivity contribution is 7.15. The van der Waals surface area contributed by atoms with Gasteiger partial charge in [0.25, 0.3) is 0 Å². The van der Waals surface area contributed by atoms with E-state index in [-0.39, 0.29) is 24.2 Å². The van der Waals surface area contributed by atoms with E-state index < -0.39 is 0 Å². The van der Waals surface area contributed by atoms with Gasteiger partial charge >= 0.3 is 0 Å². The molecule has 0 spiro atoms. The van der Waals surface area contributed by atoms with Crippen molar-refractivity contribution >= 4 is 46.4 Å². The summed E-state index contributed by atoms with van der Waals surface area (Å²) in [5.74, 6) is 0.391. The molecule has 0 saturated heterocycles. The molecule has 0 aliphatic heterocycles. The maximum atomic E-state index is 12.4. The highest BCUT2D eigenvalue weighted by atomic mass is 35.5. The van der Waals surface area contributed by atoms with E-state index >= 15 is 0 Å². The lowest BCUT2D eigenvalue weighted by molar-refractivity contribution is -0.120. The Labute approximate surface area is 157 Å². The van der Waals surface area contributed by atoms with Crippen LogP contribution in [0.2, 0.25) is 5.02 Å². The van der Waals surface area contributed by atoms with Crippen molar-refractivity contribution in [3.8, 4) is 0 Å². The van der Waals surface area contributed by atoms with Crippen LogP contribution in [-0.2, 0) is 11.2 Å². The summed E-state index contributed by atoms with van der Waals surface area (Å²) in [6.45, 7) is 0.579. The van der Waals surface area contributed by atoms with Crippen molar-refractivity contribution in [2.45, 2.75) is 25.7 Å². The van der Waals surface area contributed by atoms with E-state index in [0.717, 1.165) is 41.1 Å². The molecule has 3 N–H and O–H groups in total. The largest absolute Gasteiger partial charge is 0.330 e. The standard InChI is InChI=1S/C17H20ClN3OS.ClH/c18-13-5-1-3-11(7-13)8-14-10-20-17(23-14)21-16(22)15-6-2-4-12(15)9-19;/h1,3,5,7,10,12,15H,2,4,6,8-9,19H2,(H,20,21,22);1H/t12-,15-;/m1./s1. The first kappa shape index (κ1) is 19.2. The van der Waals surface area contributed by atoms with Gasteiger partial charge in [0, 0.05) is 28.4 Å². The zero-order valence-electron chi connectivity index (χ0n) is 13.2. The molecule has 130 valence electrons. The van der Waals surface area contributed by atoms with Crippen LogP contribution in [0.15, 0.2) is 30.5 Å². The minimum atomic E-state index is 0. The van der Waals surface area contributed by atoms with Gasteiger partial charge in [-0.25, -0.2) is 4.98 Å². The van der Waals surface area contributed by atoms with Crippen LogP contribution in [0.25, 0.3) is 0 Å². The molecule has 1 saturated carbocycles. The number of hydrogen-bond donors (Lipinski definition) is 2. The Kier molecular flexibility index (Phi) is 7.04. The maximum absolute atomic E-state index is 12.4. The highest BCUT2D eigenvalue weighted by Gasteiger charge is 2.32. The normalized spacial score (nSPS) is 19.8. The second kappa shape index (κ2) is 8.81. The van der Waals surface area contributed by atoms with Crippen molar-refractivity contribution in [3.05, 3.63) is 45.9 Å². The van der Waals surface area contributed by atoms with E-state index in [4.69, 9.17) is 17.3 Å². The van der Waals surface area contributed by atoms with Gasteiger partial charge in [0.1, 0.15) is 0 Å². The van der Waals surface area contributed by atoms with Crippen molar-refractivity contribution in [1.82, 2.24) is 4.98 Å². The number of nitrogens with zero attached hydrogens (tertiary/aromatic N) is 1. The number of benzene rings is 1.